The third-order valence-corrected chi connectivity index (χ3v) is 6.32. The van der Waals surface area contributed by atoms with Crippen molar-refractivity contribution < 1.29 is 14.3 Å². The standard InChI is InChI=1S/C24H27BrN4O3/c1-15-5-4-6-18(11-15)29-10-9-28(13-16(29)2)14-21(30)27-22-19-12-17(25)7-8-20(19)26-23(22)24(31)32-3/h4-8,11-12,16,26H,9-10,13-14H2,1-3H3,(H,27,30)/t16-/m0/s1. The molecule has 1 saturated heterocycles. The Morgan fingerprint density at radius 3 is 2.75 bits per heavy atom. The zero-order valence-electron chi connectivity index (χ0n) is 18.4. The lowest BCUT2D eigenvalue weighted by molar-refractivity contribution is -0.117. The quantitative estimate of drug-likeness (QED) is 0.516. The molecule has 32 heavy (non-hydrogen) atoms. The lowest BCUT2D eigenvalue weighted by atomic mass is 10.1. The molecular weight excluding hydrogens is 472 g/mol. The monoisotopic (exact) mass is 498 g/mol. The third-order valence-electron chi connectivity index (χ3n) is 5.83. The number of ether oxygens (including phenoxy) is 1. The summed E-state index contributed by atoms with van der Waals surface area (Å²) >= 11 is 3.46. The summed E-state index contributed by atoms with van der Waals surface area (Å²) in [6.07, 6.45) is 0. The molecule has 7 nitrogen and oxygen atoms in total. The predicted molar refractivity (Wildman–Crippen MR) is 130 cm³/mol. The second-order valence-corrected chi connectivity index (χ2v) is 9.14. The van der Waals surface area contributed by atoms with Gasteiger partial charge in [0.15, 0.2) is 0 Å². The van der Waals surface area contributed by atoms with Crippen molar-refractivity contribution in [2.45, 2.75) is 19.9 Å². The van der Waals surface area contributed by atoms with Crippen LogP contribution in [0.3, 0.4) is 0 Å². The molecule has 1 atom stereocenters. The Bertz CT molecular complexity index is 1160. The van der Waals surface area contributed by atoms with Crippen LogP contribution in [0, 0.1) is 6.92 Å². The molecule has 0 saturated carbocycles. The number of rotatable bonds is 5. The molecule has 0 spiro atoms. The number of piperazine rings is 1. The topological polar surface area (TPSA) is 77.7 Å². The average molecular weight is 499 g/mol. The fourth-order valence-electron chi connectivity index (χ4n) is 4.30. The maximum Gasteiger partial charge on any atom is 0.356 e. The number of carbonyl (C=O) groups is 2. The Hall–Kier alpha value is -2.84. The number of methoxy groups -OCH3 is 1. The zero-order valence-corrected chi connectivity index (χ0v) is 20.0. The number of anilines is 2. The van der Waals surface area contributed by atoms with E-state index in [-0.39, 0.29) is 24.2 Å². The molecule has 168 valence electrons. The number of fused-ring (bicyclic) bond motifs is 1. The van der Waals surface area contributed by atoms with Gasteiger partial charge in [0.1, 0.15) is 5.69 Å². The summed E-state index contributed by atoms with van der Waals surface area (Å²) < 4.78 is 5.75. The highest BCUT2D eigenvalue weighted by Gasteiger charge is 2.26. The van der Waals surface area contributed by atoms with Gasteiger partial charge in [-0.05, 0) is 49.7 Å². The van der Waals surface area contributed by atoms with Crippen molar-refractivity contribution >= 4 is 50.1 Å². The highest BCUT2D eigenvalue weighted by Crippen LogP contribution is 2.31. The number of esters is 1. The van der Waals surface area contributed by atoms with E-state index in [1.807, 2.05) is 18.2 Å². The Kier molecular flexibility index (Phi) is 6.53. The highest BCUT2D eigenvalue weighted by molar-refractivity contribution is 9.10. The Balaban J connectivity index is 1.46. The van der Waals surface area contributed by atoms with Crippen LogP contribution < -0.4 is 10.2 Å². The van der Waals surface area contributed by atoms with Crippen LogP contribution in [0.15, 0.2) is 46.9 Å². The second-order valence-electron chi connectivity index (χ2n) is 8.22. The summed E-state index contributed by atoms with van der Waals surface area (Å²) in [6, 6.07) is 14.4. The van der Waals surface area contributed by atoms with Crippen molar-refractivity contribution in [1.82, 2.24) is 9.88 Å². The summed E-state index contributed by atoms with van der Waals surface area (Å²) in [5.74, 6) is -0.680. The molecule has 4 rings (SSSR count). The van der Waals surface area contributed by atoms with E-state index in [0.29, 0.717) is 5.69 Å². The number of hydrogen-bond donors (Lipinski definition) is 2. The molecule has 0 unspecified atom stereocenters. The van der Waals surface area contributed by atoms with Gasteiger partial charge in [0.25, 0.3) is 0 Å². The molecule has 0 radical (unpaired) electrons. The Morgan fingerprint density at radius 2 is 2.03 bits per heavy atom. The molecule has 3 aromatic rings. The van der Waals surface area contributed by atoms with E-state index in [1.165, 1.54) is 18.4 Å². The molecule has 1 aromatic heterocycles. The van der Waals surface area contributed by atoms with Gasteiger partial charge < -0.3 is 19.9 Å². The first-order valence-electron chi connectivity index (χ1n) is 10.6. The Morgan fingerprint density at radius 1 is 1.22 bits per heavy atom. The van der Waals surface area contributed by atoms with Crippen LogP contribution in [0.25, 0.3) is 10.9 Å². The fourth-order valence-corrected chi connectivity index (χ4v) is 4.66. The van der Waals surface area contributed by atoms with Crippen LogP contribution in [0.2, 0.25) is 0 Å². The number of aromatic amines is 1. The van der Waals surface area contributed by atoms with E-state index >= 15 is 0 Å². The number of aryl methyl sites for hydroxylation is 1. The van der Waals surface area contributed by atoms with Gasteiger partial charge >= 0.3 is 5.97 Å². The molecule has 8 heteroatoms. The van der Waals surface area contributed by atoms with Crippen LogP contribution in [0.5, 0.6) is 0 Å². The average Bonchev–Trinajstić information content (AvgIpc) is 3.10. The van der Waals surface area contributed by atoms with Crippen molar-refractivity contribution in [3.05, 3.63) is 58.2 Å². The van der Waals surface area contributed by atoms with Crippen molar-refractivity contribution in [2.24, 2.45) is 0 Å². The lowest BCUT2D eigenvalue weighted by Crippen LogP contribution is -2.53. The van der Waals surface area contributed by atoms with Gasteiger partial charge in [0.05, 0.1) is 19.3 Å². The maximum absolute atomic E-state index is 12.9. The smallest absolute Gasteiger partial charge is 0.356 e. The predicted octanol–water partition coefficient (Wildman–Crippen LogP) is 4.17. The summed E-state index contributed by atoms with van der Waals surface area (Å²) in [6.45, 7) is 6.96. The molecule has 2 heterocycles. The number of benzene rings is 2. The van der Waals surface area contributed by atoms with Crippen molar-refractivity contribution in [3.8, 4) is 0 Å². The van der Waals surface area contributed by atoms with Crippen LogP contribution in [-0.2, 0) is 9.53 Å². The number of nitrogens with zero attached hydrogens (tertiary/aromatic N) is 2. The first kappa shape index (κ1) is 22.4. The fraction of sp³-hybridized carbons (Fsp3) is 0.333. The van der Waals surface area contributed by atoms with Crippen LogP contribution in [-0.4, -0.2) is 61.1 Å². The SMILES string of the molecule is COC(=O)c1[nH]c2ccc(Br)cc2c1NC(=O)CN1CCN(c2cccc(C)c2)[C@@H](C)C1. The van der Waals surface area contributed by atoms with E-state index in [1.54, 1.807) is 0 Å². The van der Waals surface area contributed by atoms with Crippen LogP contribution in [0.4, 0.5) is 11.4 Å². The largest absolute Gasteiger partial charge is 0.464 e. The summed E-state index contributed by atoms with van der Waals surface area (Å²) in [4.78, 5) is 32.8. The minimum atomic E-state index is -0.520. The van der Waals surface area contributed by atoms with Gasteiger partial charge in [-0.3, -0.25) is 9.69 Å². The molecule has 1 aliphatic rings. The summed E-state index contributed by atoms with van der Waals surface area (Å²) in [5, 5.41) is 3.70. The molecule has 1 amide bonds. The number of aromatic nitrogens is 1. The van der Waals surface area contributed by atoms with E-state index in [0.717, 1.165) is 35.0 Å². The first-order chi connectivity index (χ1) is 15.4. The van der Waals surface area contributed by atoms with Gasteiger partial charge in [-0.25, -0.2) is 4.79 Å². The number of nitrogens with one attached hydrogen (secondary N) is 2. The molecule has 2 N–H and O–H groups in total. The van der Waals surface area contributed by atoms with Crippen LogP contribution in [0.1, 0.15) is 23.0 Å². The van der Waals surface area contributed by atoms with E-state index < -0.39 is 5.97 Å². The van der Waals surface area contributed by atoms with E-state index in [2.05, 4.69) is 74.1 Å². The summed E-state index contributed by atoms with van der Waals surface area (Å²) in [5.41, 5.74) is 3.90. The van der Waals surface area contributed by atoms with Gasteiger partial charge in [-0.15, -0.1) is 0 Å². The minimum absolute atomic E-state index is 0.160. The maximum atomic E-state index is 12.9. The van der Waals surface area contributed by atoms with Gasteiger partial charge in [-0.1, -0.05) is 28.1 Å². The van der Waals surface area contributed by atoms with Crippen molar-refractivity contribution in [2.75, 3.05) is 43.5 Å². The summed E-state index contributed by atoms with van der Waals surface area (Å²) in [7, 11) is 1.32. The Labute approximate surface area is 195 Å². The molecule has 1 fully saturated rings. The van der Waals surface area contributed by atoms with E-state index in [9.17, 15) is 9.59 Å². The van der Waals surface area contributed by atoms with Gasteiger partial charge in [-0.2, -0.15) is 0 Å². The number of hydrogen-bond acceptors (Lipinski definition) is 5. The number of halogens is 1. The van der Waals surface area contributed by atoms with Gasteiger partial charge in [0, 0.05) is 46.7 Å². The number of H-pyrrole nitrogens is 1. The molecule has 1 aliphatic heterocycles. The van der Waals surface area contributed by atoms with Crippen LogP contribution >= 0.6 is 15.9 Å². The van der Waals surface area contributed by atoms with Crippen molar-refractivity contribution in [3.63, 3.8) is 0 Å². The lowest BCUT2D eigenvalue weighted by Gasteiger charge is -2.41. The normalized spacial score (nSPS) is 16.9. The van der Waals surface area contributed by atoms with E-state index in [4.69, 9.17) is 4.74 Å². The van der Waals surface area contributed by atoms with Crippen molar-refractivity contribution in [1.29, 1.82) is 0 Å². The van der Waals surface area contributed by atoms with Gasteiger partial charge in [0.2, 0.25) is 5.91 Å². The first-order valence-corrected chi connectivity index (χ1v) is 11.4. The number of amides is 1. The minimum Gasteiger partial charge on any atom is -0.464 e. The molecule has 0 aliphatic carbocycles. The number of carbonyl (C=O) groups excluding carboxylic acids is 2. The molecule has 2 aromatic carbocycles. The zero-order chi connectivity index (χ0) is 22.8. The third kappa shape index (κ3) is 4.66. The highest BCUT2D eigenvalue weighted by atomic mass is 79.9. The second kappa shape index (κ2) is 9.34. The molecular formula is C24H27BrN4O3. The molecule has 0 bridgehead atoms.